The third-order valence-corrected chi connectivity index (χ3v) is 2.38. The van der Waals surface area contributed by atoms with Crippen LogP contribution in [0.3, 0.4) is 0 Å². The minimum absolute atomic E-state index is 0.273. The summed E-state index contributed by atoms with van der Waals surface area (Å²) < 4.78 is 36.8. The highest BCUT2D eigenvalue weighted by Crippen LogP contribution is 2.39. The first-order valence-corrected chi connectivity index (χ1v) is 4.16. The van der Waals surface area contributed by atoms with Crippen LogP contribution in [-0.4, -0.2) is 6.18 Å². The number of hydrogen-bond acceptors (Lipinski definition) is 0. The highest BCUT2D eigenvalue weighted by molar-refractivity contribution is 5.01. The van der Waals surface area contributed by atoms with E-state index in [9.17, 15) is 13.2 Å². The summed E-state index contributed by atoms with van der Waals surface area (Å²) in [6.45, 7) is 3.61. The lowest BCUT2D eigenvalue weighted by Gasteiger charge is -2.29. The van der Waals surface area contributed by atoms with Crippen LogP contribution in [0.2, 0.25) is 0 Å². The molecule has 0 N–H and O–H groups in total. The van der Waals surface area contributed by atoms with Crippen molar-refractivity contribution in [1.82, 2.24) is 0 Å². The number of hydrogen-bond donors (Lipinski definition) is 0. The summed E-state index contributed by atoms with van der Waals surface area (Å²) >= 11 is 0. The van der Waals surface area contributed by atoms with E-state index in [0.717, 1.165) is 0 Å². The first-order valence-electron chi connectivity index (χ1n) is 4.16. The van der Waals surface area contributed by atoms with Gasteiger partial charge in [-0.05, 0) is 18.3 Å². The maximum Gasteiger partial charge on any atom is 0.395 e. The molecular weight excluding hydrogens is 165 g/mol. The Morgan fingerprint density at radius 2 is 1.75 bits per heavy atom. The summed E-state index contributed by atoms with van der Waals surface area (Å²) in [5.41, 5.74) is 0. The van der Waals surface area contributed by atoms with E-state index in [4.69, 9.17) is 0 Å². The summed E-state index contributed by atoms with van der Waals surface area (Å²) in [7, 11) is 0. The molecule has 0 nitrogen and oxygen atoms in total. The minimum Gasteiger partial charge on any atom is -0.170 e. The second kappa shape index (κ2) is 3.11. The lowest BCUT2D eigenvalue weighted by molar-refractivity contribution is -0.175. The molecule has 0 spiro atoms. The molecule has 0 aromatic rings. The van der Waals surface area contributed by atoms with Crippen LogP contribution in [0.5, 0.6) is 0 Å². The van der Waals surface area contributed by atoms with Gasteiger partial charge in [-0.2, -0.15) is 13.2 Å². The van der Waals surface area contributed by atoms with Crippen molar-refractivity contribution in [2.45, 2.75) is 26.4 Å². The molecule has 1 aliphatic rings. The van der Waals surface area contributed by atoms with Crippen molar-refractivity contribution in [3.8, 4) is 0 Å². The van der Waals surface area contributed by atoms with Crippen LogP contribution in [0.15, 0.2) is 12.2 Å². The Bertz CT molecular complexity index is 181. The molecule has 3 unspecified atom stereocenters. The van der Waals surface area contributed by atoms with E-state index in [0.29, 0.717) is 12.3 Å². The van der Waals surface area contributed by atoms with Gasteiger partial charge in [0, 0.05) is 0 Å². The normalized spacial score (nSPS) is 36.9. The van der Waals surface area contributed by atoms with E-state index in [1.54, 1.807) is 13.0 Å². The van der Waals surface area contributed by atoms with Crippen LogP contribution in [0.4, 0.5) is 13.2 Å². The van der Waals surface area contributed by atoms with Crippen LogP contribution in [0.25, 0.3) is 0 Å². The van der Waals surface area contributed by atoms with Crippen molar-refractivity contribution in [2.24, 2.45) is 17.8 Å². The zero-order chi connectivity index (χ0) is 9.35. The van der Waals surface area contributed by atoms with E-state index in [2.05, 4.69) is 0 Å². The number of halogens is 3. The van der Waals surface area contributed by atoms with E-state index < -0.39 is 12.1 Å². The highest BCUT2D eigenvalue weighted by atomic mass is 19.4. The zero-order valence-corrected chi connectivity index (χ0v) is 7.23. The van der Waals surface area contributed by atoms with Gasteiger partial charge in [0.05, 0.1) is 5.92 Å². The molecule has 0 aromatic heterocycles. The van der Waals surface area contributed by atoms with Crippen molar-refractivity contribution in [3.05, 3.63) is 12.2 Å². The van der Waals surface area contributed by atoms with Gasteiger partial charge in [-0.25, -0.2) is 0 Å². The van der Waals surface area contributed by atoms with Gasteiger partial charge in [-0.15, -0.1) is 0 Å². The van der Waals surface area contributed by atoms with E-state index in [-0.39, 0.29) is 5.92 Å². The van der Waals surface area contributed by atoms with Gasteiger partial charge in [0.2, 0.25) is 0 Å². The predicted octanol–water partition coefficient (Wildman–Crippen LogP) is 3.40. The standard InChI is InChI=1S/C9H13F3/c1-6-3-4-8(7(2)5-6)9(10,11)12/h3-4,6-8H,5H2,1-2H3. The smallest absolute Gasteiger partial charge is 0.170 e. The van der Waals surface area contributed by atoms with Gasteiger partial charge < -0.3 is 0 Å². The van der Waals surface area contributed by atoms with Crippen molar-refractivity contribution in [3.63, 3.8) is 0 Å². The fraction of sp³-hybridized carbons (Fsp3) is 0.778. The molecule has 1 aliphatic carbocycles. The highest BCUT2D eigenvalue weighted by Gasteiger charge is 2.42. The van der Waals surface area contributed by atoms with Gasteiger partial charge in [-0.3, -0.25) is 0 Å². The molecule has 70 valence electrons. The third-order valence-electron chi connectivity index (χ3n) is 2.38. The molecular formula is C9H13F3. The molecule has 3 atom stereocenters. The summed E-state index contributed by atoms with van der Waals surface area (Å²) in [5, 5.41) is 0. The first kappa shape index (κ1) is 9.62. The number of allylic oxidation sites excluding steroid dienone is 2. The zero-order valence-electron chi connectivity index (χ0n) is 7.23. The van der Waals surface area contributed by atoms with Gasteiger partial charge in [0.1, 0.15) is 0 Å². The fourth-order valence-electron chi connectivity index (χ4n) is 1.74. The molecule has 0 aromatic carbocycles. The van der Waals surface area contributed by atoms with Crippen LogP contribution >= 0.6 is 0 Å². The summed E-state index contributed by atoms with van der Waals surface area (Å²) in [6, 6.07) is 0. The Kier molecular flexibility index (Phi) is 2.49. The second-order valence-electron chi connectivity index (χ2n) is 3.64. The van der Waals surface area contributed by atoms with Crippen molar-refractivity contribution in [2.75, 3.05) is 0 Å². The summed E-state index contributed by atoms with van der Waals surface area (Å²) in [4.78, 5) is 0. The molecule has 3 heteroatoms. The Balaban J connectivity index is 2.73. The molecule has 0 fully saturated rings. The Morgan fingerprint density at radius 3 is 2.17 bits per heavy atom. The molecule has 0 saturated carbocycles. The largest absolute Gasteiger partial charge is 0.395 e. The summed E-state index contributed by atoms with van der Waals surface area (Å²) in [5.74, 6) is -1.21. The van der Waals surface area contributed by atoms with E-state index in [1.807, 2.05) is 6.92 Å². The fourth-order valence-corrected chi connectivity index (χ4v) is 1.74. The lowest BCUT2D eigenvalue weighted by Crippen LogP contribution is -2.30. The van der Waals surface area contributed by atoms with Crippen LogP contribution in [0.1, 0.15) is 20.3 Å². The van der Waals surface area contributed by atoms with E-state index in [1.165, 1.54) is 6.08 Å². The Hall–Kier alpha value is -0.470. The maximum absolute atomic E-state index is 12.3. The lowest BCUT2D eigenvalue weighted by atomic mass is 9.80. The molecule has 0 bridgehead atoms. The van der Waals surface area contributed by atoms with Crippen LogP contribution < -0.4 is 0 Å². The van der Waals surface area contributed by atoms with Crippen molar-refractivity contribution >= 4 is 0 Å². The van der Waals surface area contributed by atoms with Crippen LogP contribution in [0, 0.1) is 17.8 Å². The average molecular weight is 178 g/mol. The molecule has 0 heterocycles. The van der Waals surface area contributed by atoms with Gasteiger partial charge >= 0.3 is 6.18 Å². The van der Waals surface area contributed by atoms with E-state index >= 15 is 0 Å². The SMILES string of the molecule is CC1C=CC(C(F)(F)F)C(C)C1. The van der Waals surface area contributed by atoms with Crippen molar-refractivity contribution < 1.29 is 13.2 Å². The van der Waals surface area contributed by atoms with Crippen molar-refractivity contribution in [1.29, 1.82) is 0 Å². The monoisotopic (exact) mass is 178 g/mol. The molecule has 0 radical (unpaired) electrons. The van der Waals surface area contributed by atoms with Gasteiger partial charge in [-0.1, -0.05) is 26.0 Å². The molecule has 0 aliphatic heterocycles. The molecule has 0 saturated heterocycles. The molecule has 12 heavy (non-hydrogen) atoms. The number of rotatable bonds is 0. The maximum atomic E-state index is 12.3. The Morgan fingerprint density at radius 1 is 1.17 bits per heavy atom. The van der Waals surface area contributed by atoms with Crippen LogP contribution in [-0.2, 0) is 0 Å². The average Bonchev–Trinajstić information content (AvgIpc) is 1.83. The second-order valence-corrected chi connectivity index (χ2v) is 3.64. The Labute approximate surface area is 70.5 Å². The topological polar surface area (TPSA) is 0 Å². The predicted molar refractivity (Wildman–Crippen MR) is 41.6 cm³/mol. The summed E-state index contributed by atoms with van der Waals surface area (Å²) in [6.07, 6.45) is -0.451. The molecule has 1 rings (SSSR count). The molecule has 0 amide bonds. The minimum atomic E-state index is -4.06. The first-order chi connectivity index (χ1) is 5.41. The number of alkyl halides is 3. The quantitative estimate of drug-likeness (QED) is 0.499. The van der Waals surface area contributed by atoms with Gasteiger partial charge in [0.15, 0.2) is 0 Å². The third kappa shape index (κ3) is 2.02. The van der Waals surface area contributed by atoms with Gasteiger partial charge in [0.25, 0.3) is 0 Å².